The van der Waals surface area contributed by atoms with Crippen LogP contribution in [0.15, 0.2) is 30.3 Å². The third kappa shape index (κ3) is 3.99. The van der Waals surface area contributed by atoms with Crippen molar-refractivity contribution < 1.29 is 0 Å². The molecule has 0 saturated carbocycles. The SMILES string of the molecule is CCC[C@@H](c1nnnn1Cc1ccccc1)N1CCN(CC)CC1. The number of tetrazole rings is 1. The lowest BCUT2D eigenvalue weighted by atomic mass is 10.1. The van der Waals surface area contributed by atoms with Gasteiger partial charge in [-0.15, -0.1) is 5.10 Å². The summed E-state index contributed by atoms with van der Waals surface area (Å²) < 4.78 is 1.97. The van der Waals surface area contributed by atoms with Gasteiger partial charge in [-0.1, -0.05) is 50.6 Å². The third-order valence-electron chi connectivity index (χ3n) is 4.89. The highest BCUT2D eigenvalue weighted by Gasteiger charge is 2.28. The van der Waals surface area contributed by atoms with Gasteiger partial charge in [0.2, 0.25) is 0 Å². The van der Waals surface area contributed by atoms with E-state index in [0.29, 0.717) is 6.04 Å². The molecule has 0 spiro atoms. The minimum atomic E-state index is 0.313. The summed E-state index contributed by atoms with van der Waals surface area (Å²) in [4.78, 5) is 5.06. The van der Waals surface area contributed by atoms with Crippen LogP contribution in [0.25, 0.3) is 0 Å². The van der Waals surface area contributed by atoms with E-state index in [1.54, 1.807) is 0 Å². The normalized spacial score (nSPS) is 17.9. The standard InChI is InChI=1S/C18H28N6/c1-3-8-17(23-13-11-22(4-2)12-14-23)18-19-20-21-24(18)15-16-9-6-5-7-10-16/h5-7,9-10,17H,3-4,8,11-15H2,1-2H3/t17-/m0/s1. The molecule has 2 heterocycles. The van der Waals surface area contributed by atoms with Gasteiger partial charge >= 0.3 is 0 Å². The summed E-state index contributed by atoms with van der Waals surface area (Å²) in [5, 5.41) is 12.6. The molecule has 0 bridgehead atoms. The maximum absolute atomic E-state index is 4.39. The molecular weight excluding hydrogens is 300 g/mol. The molecule has 0 aliphatic carbocycles. The van der Waals surface area contributed by atoms with Gasteiger partial charge in [0.1, 0.15) is 0 Å². The van der Waals surface area contributed by atoms with Crippen LogP contribution in [-0.2, 0) is 6.54 Å². The minimum Gasteiger partial charge on any atom is -0.301 e. The van der Waals surface area contributed by atoms with Crippen LogP contribution in [0, 0.1) is 0 Å². The number of hydrogen-bond acceptors (Lipinski definition) is 5. The highest BCUT2D eigenvalue weighted by molar-refractivity contribution is 5.15. The van der Waals surface area contributed by atoms with Gasteiger partial charge in [-0.3, -0.25) is 4.90 Å². The lowest BCUT2D eigenvalue weighted by Crippen LogP contribution is -2.47. The molecule has 0 radical (unpaired) electrons. The van der Waals surface area contributed by atoms with Crippen molar-refractivity contribution in [1.82, 2.24) is 30.0 Å². The van der Waals surface area contributed by atoms with Crippen LogP contribution in [0.4, 0.5) is 0 Å². The molecule has 1 aliphatic rings. The van der Waals surface area contributed by atoms with Gasteiger partial charge < -0.3 is 4.90 Å². The Morgan fingerprint density at radius 3 is 2.46 bits per heavy atom. The summed E-state index contributed by atoms with van der Waals surface area (Å²) in [7, 11) is 0. The molecule has 130 valence electrons. The van der Waals surface area contributed by atoms with Crippen molar-refractivity contribution in [3.8, 4) is 0 Å². The number of nitrogens with zero attached hydrogens (tertiary/aromatic N) is 6. The largest absolute Gasteiger partial charge is 0.301 e. The van der Waals surface area contributed by atoms with Crippen molar-refractivity contribution in [2.24, 2.45) is 0 Å². The fraction of sp³-hybridized carbons (Fsp3) is 0.611. The monoisotopic (exact) mass is 328 g/mol. The molecule has 1 aromatic carbocycles. The van der Waals surface area contributed by atoms with E-state index in [-0.39, 0.29) is 0 Å². The molecule has 1 aromatic heterocycles. The highest BCUT2D eigenvalue weighted by Crippen LogP contribution is 2.25. The van der Waals surface area contributed by atoms with E-state index in [9.17, 15) is 0 Å². The number of hydrogen-bond donors (Lipinski definition) is 0. The molecule has 1 aliphatic heterocycles. The zero-order valence-electron chi connectivity index (χ0n) is 14.8. The van der Waals surface area contributed by atoms with Gasteiger partial charge in [0.25, 0.3) is 0 Å². The van der Waals surface area contributed by atoms with Crippen LogP contribution in [0.5, 0.6) is 0 Å². The van der Waals surface area contributed by atoms with Gasteiger partial charge in [-0.2, -0.15) is 0 Å². The summed E-state index contributed by atoms with van der Waals surface area (Å²) >= 11 is 0. The van der Waals surface area contributed by atoms with Gasteiger partial charge in [0, 0.05) is 26.2 Å². The minimum absolute atomic E-state index is 0.313. The van der Waals surface area contributed by atoms with Crippen molar-refractivity contribution in [3.05, 3.63) is 41.7 Å². The Hall–Kier alpha value is -1.79. The maximum Gasteiger partial charge on any atom is 0.168 e. The summed E-state index contributed by atoms with van der Waals surface area (Å²) in [5.74, 6) is 1.01. The third-order valence-corrected chi connectivity index (χ3v) is 4.89. The maximum atomic E-state index is 4.39. The van der Waals surface area contributed by atoms with Gasteiger partial charge in [0.15, 0.2) is 5.82 Å². The zero-order chi connectivity index (χ0) is 16.8. The van der Waals surface area contributed by atoms with Crippen molar-refractivity contribution in [1.29, 1.82) is 0 Å². The van der Waals surface area contributed by atoms with Crippen LogP contribution < -0.4 is 0 Å². The fourth-order valence-corrected chi connectivity index (χ4v) is 3.46. The average molecular weight is 328 g/mol. The van der Waals surface area contributed by atoms with Crippen LogP contribution in [0.1, 0.15) is 44.1 Å². The van der Waals surface area contributed by atoms with Gasteiger partial charge in [0.05, 0.1) is 12.6 Å². The van der Waals surface area contributed by atoms with Crippen molar-refractivity contribution in [2.75, 3.05) is 32.7 Å². The van der Waals surface area contributed by atoms with Gasteiger partial charge in [-0.05, 0) is 29.0 Å². The Morgan fingerprint density at radius 1 is 1.04 bits per heavy atom. The first-order valence-electron chi connectivity index (χ1n) is 9.08. The molecular formula is C18H28N6. The molecule has 6 nitrogen and oxygen atoms in total. The predicted octanol–water partition coefficient (Wildman–Crippen LogP) is 2.20. The lowest BCUT2D eigenvalue weighted by molar-refractivity contribution is 0.0889. The van der Waals surface area contributed by atoms with E-state index >= 15 is 0 Å². The van der Waals surface area contributed by atoms with E-state index in [4.69, 9.17) is 0 Å². The average Bonchev–Trinajstić information content (AvgIpc) is 3.08. The van der Waals surface area contributed by atoms with Crippen LogP contribution in [-0.4, -0.2) is 62.7 Å². The molecule has 1 atom stereocenters. The lowest BCUT2D eigenvalue weighted by Gasteiger charge is -2.38. The number of benzene rings is 1. The highest BCUT2D eigenvalue weighted by atomic mass is 15.6. The molecule has 2 aromatic rings. The molecule has 1 saturated heterocycles. The molecule has 3 rings (SSSR count). The van der Waals surface area contributed by atoms with Crippen molar-refractivity contribution in [3.63, 3.8) is 0 Å². The predicted molar refractivity (Wildman–Crippen MR) is 94.7 cm³/mol. The fourth-order valence-electron chi connectivity index (χ4n) is 3.46. The van der Waals surface area contributed by atoms with Crippen molar-refractivity contribution >= 4 is 0 Å². The molecule has 0 N–H and O–H groups in total. The second-order valence-corrected chi connectivity index (χ2v) is 6.46. The molecule has 0 unspecified atom stereocenters. The Morgan fingerprint density at radius 2 is 1.79 bits per heavy atom. The van der Waals surface area contributed by atoms with E-state index < -0.39 is 0 Å². The Balaban J connectivity index is 1.76. The molecule has 0 amide bonds. The summed E-state index contributed by atoms with van der Waals surface area (Å²) in [6.45, 7) is 10.8. The van der Waals surface area contributed by atoms with E-state index in [2.05, 4.69) is 63.4 Å². The number of aromatic nitrogens is 4. The zero-order valence-corrected chi connectivity index (χ0v) is 14.8. The first-order valence-corrected chi connectivity index (χ1v) is 9.08. The number of rotatable bonds is 7. The molecule has 1 fully saturated rings. The molecule has 24 heavy (non-hydrogen) atoms. The van der Waals surface area contributed by atoms with Crippen LogP contribution >= 0.6 is 0 Å². The van der Waals surface area contributed by atoms with E-state index in [1.165, 1.54) is 5.56 Å². The summed E-state index contributed by atoms with van der Waals surface area (Å²) in [5.41, 5.74) is 1.23. The Bertz CT molecular complexity index is 603. The topological polar surface area (TPSA) is 50.1 Å². The molecule has 6 heteroatoms. The van der Waals surface area contributed by atoms with E-state index in [1.807, 2.05) is 10.7 Å². The Labute approximate surface area is 144 Å². The van der Waals surface area contributed by atoms with Crippen LogP contribution in [0.2, 0.25) is 0 Å². The van der Waals surface area contributed by atoms with Crippen molar-refractivity contribution in [2.45, 2.75) is 39.3 Å². The van der Waals surface area contributed by atoms with Crippen LogP contribution in [0.3, 0.4) is 0 Å². The Kier molecular flexibility index (Phi) is 5.93. The first kappa shape index (κ1) is 17.0. The number of likely N-dealkylation sites (N-methyl/N-ethyl adjacent to an activating group) is 1. The smallest absolute Gasteiger partial charge is 0.168 e. The second kappa shape index (κ2) is 8.35. The quantitative estimate of drug-likeness (QED) is 0.780. The van der Waals surface area contributed by atoms with E-state index in [0.717, 1.165) is 57.9 Å². The first-order chi connectivity index (χ1) is 11.8. The number of piperazine rings is 1. The van der Waals surface area contributed by atoms with Gasteiger partial charge in [-0.25, -0.2) is 4.68 Å². The summed E-state index contributed by atoms with van der Waals surface area (Å²) in [6.07, 6.45) is 2.23. The summed E-state index contributed by atoms with van der Waals surface area (Å²) in [6, 6.07) is 10.7. The second-order valence-electron chi connectivity index (χ2n) is 6.46.